The number of pyridine rings is 1. The Morgan fingerprint density at radius 3 is 2.30 bits per heavy atom. The van der Waals surface area contributed by atoms with Crippen LogP contribution in [-0.4, -0.2) is 21.8 Å². The number of nitrogens with zero attached hydrogens (tertiary/aromatic N) is 3. The molecule has 37 heavy (non-hydrogen) atoms. The van der Waals surface area contributed by atoms with E-state index in [1.54, 1.807) is 23.9 Å². The molecule has 2 atom stereocenters. The third-order valence-corrected chi connectivity index (χ3v) is 7.00. The van der Waals surface area contributed by atoms with Crippen molar-refractivity contribution in [2.45, 2.75) is 32.1 Å². The SMILES string of the molecule is COc1ccccc1N1C(=S)NC(c2ccccn2)C1c1cc(C)n(-c2ccccc2C(F)(F)F)c1C. The smallest absolute Gasteiger partial charge is 0.418 e. The number of rotatable bonds is 5. The highest BCUT2D eigenvalue weighted by Gasteiger charge is 2.43. The van der Waals surface area contributed by atoms with Crippen LogP contribution in [0.1, 0.15) is 40.3 Å². The number of thiocarbonyl (C=S) groups is 1. The normalized spacial score (nSPS) is 17.7. The van der Waals surface area contributed by atoms with Gasteiger partial charge in [0.05, 0.1) is 41.8 Å². The molecular formula is C28H25F3N4OS. The molecule has 1 N–H and O–H groups in total. The number of aryl methyl sites for hydroxylation is 1. The molecule has 0 saturated carbocycles. The predicted octanol–water partition coefficient (Wildman–Crippen LogP) is 6.69. The quantitative estimate of drug-likeness (QED) is 0.296. The van der Waals surface area contributed by atoms with Crippen molar-refractivity contribution < 1.29 is 17.9 Å². The zero-order chi connectivity index (χ0) is 26.3. The Hall–Kier alpha value is -3.85. The maximum Gasteiger partial charge on any atom is 0.418 e. The van der Waals surface area contributed by atoms with Gasteiger partial charge in [0.2, 0.25) is 0 Å². The van der Waals surface area contributed by atoms with Crippen LogP contribution in [0.15, 0.2) is 79.0 Å². The molecule has 0 aliphatic carbocycles. The lowest BCUT2D eigenvalue weighted by molar-refractivity contribution is -0.137. The van der Waals surface area contributed by atoms with Gasteiger partial charge in [-0.05, 0) is 74.1 Å². The van der Waals surface area contributed by atoms with Gasteiger partial charge in [-0.3, -0.25) is 4.98 Å². The Morgan fingerprint density at radius 2 is 1.62 bits per heavy atom. The van der Waals surface area contributed by atoms with E-state index in [2.05, 4.69) is 10.3 Å². The minimum Gasteiger partial charge on any atom is -0.495 e. The van der Waals surface area contributed by atoms with Crippen LogP contribution in [0.4, 0.5) is 18.9 Å². The van der Waals surface area contributed by atoms with E-state index in [4.69, 9.17) is 17.0 Å². The number of halogens is 3. The lowest BCUT2D eigenvalue weighted by Gasteiger charge is -2.29. The van der Waals surface area contributed by atoms with Gasteiger partial charge in [0.15, 0.2) is 5.11 Å². The van der Waals surface area contributed by atoms with E-state index in [-0.39, 0.29) is 11.7 Å². The number of benzene rings is 2. The number of alkyl halides is 3. The average Bonchev–Trinajstić information content (AvgIpc) is 3.38. The van der Waals surface area contributed by atoms with Crippen molar-refractivity contribution in [2.24, 2.45) is 0 Å². The van der Waals surface area contributed by atoms with E-state index in [1.807, 2.05) is 67.3 Å². The zero-order valence-electron chi connectivity index (χ0n) is 20.5. The lowest BCUT2D eigenvalue weighted by atomic mass is 9.96. The highest BCUT2D eigenvalue weighted by molar-refractivity contribution is 7.80. The van der Waals surface area contributed by atoms with Crippen molar-refractivity contribution >= 4 is 23.0 Å². The Morgan fingerprint density at radius 1 is 0.946 bits per heavy atom. The monoisotopic (exact) mass is 522 g/mol. The zero-order valence-corrected chi connectivity index (χ0v) is 21.3. The van der Waals surface area contributed by atoms with Gasteiger partial charge in [-0.1, -0.05) is 30.3 Å². The second-order valence-electron chi connectivity index (χ2n) is 8.85. The first-order valence-electron chi connectivity index (χ1n) is 11.7. The third kappa shape index (κ3) is 4.33. The van der Waals surface area contributed by atoms with E-state index in [0.717, 1.165) is 23.0 Å². The summed E-state index contributed by atoms with van der Waals surface area (Å²) >= 11 is 5.81. The van der Waals surface area contributed by atoms with Crippen molar-refractivity contribution in [1.82, 2.24) is 14.9 Å². The Balaban J connectivity index is 1.73. The van der Waals surface area contributed by atoms with Crippen LogP contribution in [0.25, 0.3) is 5.69 Å². The molecule has 9 heteroatoms. The number of nitrogens with one attached hydrogen (secondary N) is 1. The molecule has 0 bridgehead atoms. The summed E-state index contributed by atoms with van der Waals surface area (Å²) in [5, 5.41) is 3.88. The van der Waals surface area contributed by atoms with E-state index >= 15 is 0 Å². The number of anilines is 1. The second kappa shape index (κ2) is 9.55. The number of ether oxygens (including phenoxy) is 1. The highest BCUT2D eigenvalue weighted by Crippen LogP contribution is 2.46. The molecule has 0 radical (unpaired) electrons. The number of hydrogen-bond donors (Lipinski definition) is 1. The molecule has 1 fully saturated rings. The Labute approximate surface area is 218 Å². The van der Waals surface area contributed by atoms with Crippen LogP contribution in [0.2, 0.25) is 0 Å². The molecule has 5 rings (SSSR count). The van der Waals surface area contributed by atoms with Crippen molar-refractivity contribution in [2.75, 3.05) is 12.0 Å². The highest BCUT2D eigenvalue weighted by atomic mass is 32.1. The van der Waals surface area contributed by atoms with Gasteiger partial charge in [0.25, 0.3) is 0 Å². The van der Waals surface area contributed by atoms with Crippen LogP contribution >= 0.6 is 12.2 Å². The minimum absolute atomic E-state index is 0.0861. The summed E-state index contributed by atoms with van der Waals surface area (Å²) < 4.78 is 49.1. The standard InChI is InChI=1S/C28H25F3N4OS/c1-17-16-19(18(2)34(17)22-12-5-4-10-20(22)28(29,30)31)26-25(21-11-8-9-15-32-21)33-27(37)35(26)23-13-6-7-14-24(23)36-3/h4-16,25-26H,1-3H3,(H,33,37). The van der Waals surface area contributed by atoms with E-state index in [0.29, 0.717) is 22.2 Å². The first-order valence-corrected chi connectivity index (χ1v) is 12.1. The van der Waals surface area contributed by atoms with Crippen molar-refractivity contribution in [1.29, 1.82) is 0 Å². The minimum atomic E-state index is -4.49. The number of para-hydroxylation sites is 3. The topological polar surface area (TPSA) is 42.3 Å². The Bertz CT molecular complexity index is 1450. The first kappa shape index (κ1) is 24.8. The van der Waals surface area contributed by atoms with Gasteiger partial charge >= 0.3 is 6.18 Å². The maximum atomic E-state index is 13.9. The fourth-order valence-corrected chi connectivity index (χ4v) is 5.46. The fourth-order valence-electron chi connectivity index (χ4n) is 5.13. The first-order chi connectivity index (χ1) is 17.7. The van der Waals surface area contributed by atoms with Gasteiger partial charge in [-0.25, -0.2) is 0 Å². The number of methoxy groups -OCH3 is 1. The van der Waals surface area contributed by atoms with Crippen LogP contribution in [-0.2, 0) is 6.18 Å². The van der Waals surface area contributed by atoms with Crippen LogP contribution in [0.3, 0.4) is 0 Å². The molecule has 1 saturated heterocycles. The van der Waals surface area contributed by atoms with Crippen LogP contribution < -0.4 is 15.0 Å². The molecule has 2 aromatic carbocycles. The van der Waals surface area contributed by atoms with Gasteiger partial charge in [0, 0.05) is 17.6 Å². The number of hydrogen-bond acceptors (Lipinski definition) is 3. The molecule has 4 aromatic rings. The lowest BCUT2D eigenvalue weighted by Crippen LogP contribution is -2.30. The van der Waals surface area contributed by atoms with E-state index < -0.39 is 17.8 Å². The van der Waals surface area contributed by atoms with Gasteiger partial charge in [-0.15, -0.1) is 0 Å². The molecule has 1 aliphatic heterocycles. The summed E-state index contributed by atoms with van der Waals surface area (Å²) in [5.41, 5.74) is 3.13. The third-order valence-electron chi connectivity index (χ3n) is 6.68. The van der Waals surface area contributed by atoms with E-state index in [1.165, 1.54) is 12.1 Å². The molecule has 2 unspecified atom stereocenters. The largest absolute Gasteiger partial charge is 0.495 e. The summed E-state index contributed by atoms with van der Waals surface area (Å²) in [6.45, 7) is 3.65. The van der Waals surface area contributed by atoms with Gasteiger partial charge in [-0.2, -0.15) is 13.2 Å². The summed E-state index contributed by atoms with van der Waals surface area (Å²) in [5.74, 6) is 0.634. The molecule has 5 nitrogen and oxygen atoms in total. The van der Waals surface area contributed by atoms with Gasteiger partial charge in [0.1, 0.15) is 5.75 Å². The molecule has 0 amide bonds. The second-order valence-corrected chi connectivity index (χ2v) is 9.23. The van der Waals surface area contributed by atoms with Crippen molar-refractivity contribution in [3.05, 3.63) is 107 Å². The fraction of sp³-hybridized carbons (Fsp3) is 0.214. The van der Waals surface area contributed by atoms with E-state index in [9.17, 15) is 13.2 Å². The predicted molar refractivity (Wildman–Crippen MR) is 141 cm³/mol. The number of aromatic nitrogens is 2. The average molecular weight is 523 g/mol. The maximum absolute atomic E-state index is 13.9. The van der Waals surface area contributed by atoms with Crippen molar-refractivity contribution in [3.63, 3.8) is 0 Å². The molecule has 2 aromatic heterocycles. The molecular weight excluding hydrogens is 497 g/mol. The summed E-state index contributed by atoms with van der Waals surface area (Å²) in [4.78, 5) is 6.54. The summed E-state index contributed by atoms with van der Waals surface area (Å²) in [6.07, 6.45) is -2.78. The Kier molecular flexibility index (Phi) is 6.41. The summed E-state index contributed by atoms with van der Waals surface area (Å²) in [6, 6.07) is 20.0. The van der Waals surface area contributed by atoms with Crippen LogP contribution in [0, 0.1) is 13.8 Å². The van der Waals surface area contributed by atoms with Crippen LogP contribution in [0.5, 0.6) is 5.75 Å². The molecule has 1 aliphatic rings. The van der Waals surface area contributed by atoms with Crippen molar-refractivity contribution in [3.8, 4) is 11.4 Å². The molecule has 0 spiro atoms. The molecule has 190 valence electrons. The summed E-state index contributed by atoms with van der Waals surface area (Å²) in [7, 11) is 1.59. The molecule has 3 heterocycles. The van der Waals surface area contributed by atoms with Gasteiger partial charge < -0.3 is 19.5 Å².